The molecule has 2 heteroatoms. The Hall–Kier alpha value is -2.55. The third kappa shape index (κ3) is 7.23. The van der Waals surface area contributed by atoms with Gasteiger partial charge in [-0.05, 0) is 0 Å². The molecule has 0 aliphatic heterocycles. The predicted octanol–water partition coefficient (Wildman–Crippen LogP) is 14.2. The van der Waals surface area contributed by atoms with Crippen LogP contribution in [0.4, 0.5) is 0 Å². The Labute approximate surface area is 313 Å². The van der Waals surface area contributed by atoms with Gasteiger partial charge in [-0.1, -0.05) is 0 Å². The number of allylic oxidation sites excluding steroid dienone is 2. The Kier molecular flexibility index (Phi) is 11.3. The number of hydrogen-bond donors (Lipinski definition) is 0. The van der Waals surface area contributed by atoms with Crippen molar-refractivity contribution in [2.24, 2.45) is 0 Å². The van der Waals surface area contributed by atoms with Crippen molar-refractivity contribution in [3.05, 3.63) is 129 Å². The van der Waals surface area contributed by atoms with Crippen LogP contribution in [-0.4, -0.2) is 5.98 Å². The van der Waals surface area contributed by atoms with Crippen LogP contribution in [0.1, 0.15) is 135 Å². The fourth-order valence-electron chi connectivity index (χ4n) is 8.96. The maximum atomic E-state index is 2.74. The van der Waals surface area contributed by atoms with E-state index in [1.807, 2.05) is 0 Å². The van der Waals surface area contributed by atoms with Crippen molar-refractivity contribution >= 4 is 18.1 Å². The van der Waals surface area contributed by atoms with Gasteiger partial charge in [0.2, 0.25) is 0 Å². The molecule has 0 saturated heterocycles. The molecule has 0 fully saturated rings. The number of fused-ring (bicyclic) bond motifs is 2. The average Bonchev–Trinajstić information content (AvgIpc) is 3.64. The van der Waals surface area contributed by atoms with Crippen LogP contribution in [-0.2, 0) is 31.4 Å². The molecule has 4 aromatic rings. The van der Waals surface area contributed by atoms with Crippen molar-refractivity contribution in [3.63, 3.8) is 0 Å². The zero-order valence-electron chi connectivity index (χ0n) is 32.7. The monoisotopic (exact) mass is 845 g/mol. The molecule has 4 aromatic carbocycles. The fourth-order valence-corrected chi connectivity index (χ4v) is 41.4. The minimum atomic E-state index is -2.48. The molecule has 0 heterocycles. The molecule has 0 amide bonds. The SMILES string of the molecule is CCCCC1=Cc2c(-c3ccccc3C(C)(C)C)cccc2[CH]1[Hf]([CH]1C(CCCC)=Cc2c(-c3ccccc3C(C)(C)C)cccc21)[SiH](C)C. The second-order valence-corrected chi connectivity index (χ2v) is 45.3. The second-order valence-electron chi connectivity index (χ2n) is 17.4. The summed E-state index contributed by atoms with van der Waals surface area (Å²) < 4.78 is 1.36. The van der Waals surface area contributed by atoms with Crippen molar-refractivity contribution in [1.29, 1.82) is 0 Å². The van der Waals surface area contributed by atoms with Crippen LogP contribution in [0.3, 0.4) is 0 Å². The quantitative estimate of drug-likeness (QED) is 0.132. The average molecular weight is 845 g/mol. The van der Waals surface area contributed by atoms with Crippen LogP contribution >= 0.6 is 0 Å². The van der Waals surface area contributed by atoms with Gasteiger partial charge in [0, 0.05) is 0 Å². The van der Waals surface area contributed by atoms with Gasteiger partial charge in [0.15, 0.2) is 0 Å². The Bertz CT molecular complexity index is 1760. The van der Waals surface area contributed by atoms with E-state index in [4.69, 9.17) is 0 Å². The number of rotatable bonds is 11. The summed E-state index contributed by atoms with van der Waals surface area (Å²) in [5.41, 5.74) is 18.9. The molecule has 2 aliphatic rings. The zero-order chi connectivity index (χ0) is 35.8. The summed E-state index contributed by atoms with van der Waals surface area (Å²) in [5.74, 6) is -0.976. The molecule has 0 bridgehead atoms. The molecule has 0 radical (unpaired) electrons. The predicted molar refractivity (Wildman–Crippen MR) is 221 cm³/mol. The third-order valence-corrected chi connectivity index (χ3v) is 42.2. The van der Waals surface area contributed by atoms with E-state index in [1.54, 1.807) is 33.4 Å². The third-order valence-electron chi connectivity index (χ3n) is 11.3. The molecule has 6 rings (SSSR count). The first-order valence-corrected chi connectivity index (χ1v) is 32.9. The van der Waals surface area contributed by atoms with Crippen molar-refractivity contribution < 1.29 is 20.6 Å². The molecular weight excluding hydrogens is 783 g/mol. The summed E-state index contributed by atoms with van der Waals surface area (Å²) in [7, 11) is 0. The number of unbranched alkanes of at least 4 members (excludes halogenated alkanes) is 2. The van der Waals surface area contributed by atoms with E-state index >= 15 is 0 Å². The van der Waals surface area contributed by atoms with Gasteiger partial charge >= 0.3 is 316 Å². The summed E-state index contributed by atoms with van der Waals surface area (Å²) in [6.45, 7) is 24.4. The van der Waals surface area contributed by atoms with Gasteiger partial charge in [-0.3, -0.25) is 0 Å². The van der Waals surface area contributed by atoms with Crippen molar-refractivity contribution in [2.45, 2.75) is 125 Å². The van der Waals surface area contributed by atoms with Gasteiger partial charge in [0.1, 0.15) is 0 Å². The van der Waals surface area contributed by atoms with Gasteiger partial charge in [0.25, 0.3) is 0 Å². The van der Waals surface area contributed by atoms with E-state index in [0.29, 0.717) is 7.35 Å². The van der Waals surface area contributed by atoms with E-state index in [-0.39, 0.29) is 10.8 Å². The van der Waals surface area contributed by atoms with Gasteiger partial charge < -0.3 is 0 Å². The van der Waals surface area contributed by atoms with Crippen LogP contribution in [0.5, 0.6) is 0 Å². The van der Waals surface area contributed by atoms with Gasteiger partial charge in [-0.25, -0.2) is 0 Å². The maximum absolute atomic E-state index is 2.74. The Morgan fingerprint density at radius 3 is 1.26 bits per heavy atom. The Morgan fingerprint density at radius 2 is 0.900 bits per heavy atom. The van der Waals surface area contributed by atoms with Crippen LogP contribution in [0.15, 0.2) is 96.1 Å². The van der Waals surface area contributed by atoms with E-state index in [1.165, 1.54) is 71.9 Å². The fraction of sp³-hybridized carbons (Fsp3) is 0.417. The van der Waals surface area contributed by atoms with Crippen LogP contribution in [0, 0.1) is 0 Å². The van der Waals surface area contributed by atoms with Gasteiger partial charge in [0.05, 0.1) is 0 Å². The minimum absolute atomic E-state index is 0.0920. The first kappa shape index (κ1) is 37.2. The molecule has 2 unspecified atom stereocenters. The molecule has 2 atom stereocenters. The van der Waals surface area contributed by atoms with Crippen molar-refractivity contribution in [3.8, 4) is 22.3 Å². The molecule has 0 N–H and O–H groups in total. The summed E-state index contributed by atoms with van der Waals surface area (Å²) in [6, 6.07) is 33.2. The van der Waals surface area contributed by atoms with Crippen LogP contribution < -0.4 is 0 Å². The molecule has 0 nitrogen and oxygen atoms in total. The standard InChI is InChI=1S/2C23H27.C2H7Si.Hf/c2*1-5-6-10-17-15-18-11-9-13-19(21(18)16-17)20-12-7-8-14-22(20)23(2,3)4;1-3-2;/h2*7-9,11-16H,5-6,10H2,1-4H3;3H,1-2H3;. The van der Waals surface area contributed by atoms with Gasteiger partial charge in [-0.2, -0.15) is 0 Å². The molecule has 2 aliphatic carbocycles. The molecule has 0 aromatic heterocycles. The Balaban J connectivity index is 1.54. The van der Waals surface area contributed by atoms with Crippen molar-refractivity contribution in [2.75, 3.05) is 0 Å². The van der Waals surface area contributed by atoms with E-state index in [2.05, 4.69) is 166 Å². The van der Waals surface area contributed by atoms with Crippen molar-refractivity contribution in [1.82, 2.24) is 0 Å². The van der Waals surface area contributed by atoms with E-state index in [0.717, 1.165) is 0 Å². The summed E-state index contributed by atoms with van der Waals surface area (Å²) in [6.07, 6.45) is 13.0. The van der Waals surface area contributed by atoms with E-state index in [9.17, 15) is 0 Å². The van der Waals surface area contributed by atoms with E-state index < -0.39 is 26.6 Å². The number of benzene rings is 4. The molecule has 0 spiro atoms. The number of hydrogen-bond acceptors (Lipinski definition) is 0. The Morgan fingerprint density at radius 1 is 0.520 bits per heavy atom. The summed E-state index contributed by atoms with van der Waals surface area (Å²) in [5, 5.41) is 0. The summed E-state index contributed by atoms with van der Waals surface area (Å²) in [4.78, 5) is 0. The normalized spacial score (nSPS) is 17.1. The van der Waals surface area contributed by atoms with Gasteiger partial charge in [-0.15, -0.1) is 0 Å². The molecule has 0 saturated carbocycles. The van der Waals surface area contributed by atoms with Crippen LogP contribution in [0.25, 0.3) is 34.4 Å². The molecule has 261 valence electrons. The van der Waals surface area contributed by atoms with Crippen LogP contribution in [0.2, 0.25) is 13.1 Å². The molecular formula is C48H61HfSi. The summed E-state index contributed by atoms with van der Waals surface area (Å²) >= 11 is -2.48. The molecule has 50 heavy (non-hydrogen) atoms. The first-order chi connectivity index (χ1) is 23.9. The second kappa shape index (κ2) is 15.2. The first-order valence-electron chi connectivity index (χ1n) is 19.6. The zero-order valence-corrected chi connectivity index (χ0v) is 37.5. The topological polar surface area (TPSA) is 0 Å².